The van der Waals surface area contributed by atoms with E-state index in [1.54, 1.807) is 16.0 Å². The molecule has 2 fully saturated rings. The number of amides is 4. The third-order valence-corrected chi connectivity index (χ3v) is 10.1. The molecule has 284 valence electrons. The van der Waals surface area contributed by atoms with Gasteiger partial charge in [0.1, 0.15) is 23.7 Å². The number of ether oxygens (including phenoxy) is 2. The number of aromatic amines is 2. The maximum absolute atomic E-state index is 13.5. The molecule has 6 rings (SSSR count). The quantitative estimate of drug-likeness (QED) is 0.164. The summed E-state index contributed by atoms with van der Waals surface area (Å²) in [6, 6.07) is 11.9. The van der Waals surface area contributed by atoms with Crippen LogP contribution in [0.1, 0.15) is 88.2 Å². The molecule has 2 aliphatic heterocycles. The van der Waals surface area contributed by atoms with Crippen LogP contribution in [0.25, 0.3) is 22.3 Å². The van der Waals surface area contributed by atoms with Gasteiger partial charge in [0.25, 0.3) is 0 Å². The summed E-state index contributed by atoms with van der Waals surface area (Å²) in [6.07, 6.45) is 3.74. The first-order valence-corrected chi connectivity index (χ1v) is 18.4. The van der Waals surface area contributed by atoms with Crippen molar-refractivity contribution in [2.45, 2.75) is 77.5 Å². The van der Waals surface area contributed by atoms with Crippen molar-refractivity contribution < 1.29 is 28.7 Å². The molecule has 4 atom stereocenters. The minimum atomic E-state index is -0.697. The first kappa shape index (κ1) is 37.9. The Balaban J connectivity index is 1.12. The number of likely N-dealkylation sites (tertiary alicyclic amines) is 2. The molecule has 2 saturated heterocycles. The molecule has 0 radical (unpaired) electrons. The number of nitrogens with zero attached hydrogens (tertiary/aromatic N) is 4. The Morgan fingerprint density at radius 3 is 1.85 bits per heavy atom. The number of alkyl carbamates (subject to hydrolysis) is 2. The van der Waals surface area contributed by atoms with Gasteiger partial charge in [-0.25, -0.2) is 19.6 Å². The van der Waals surface area contributed by atoms with Gasteiger partial charge in [-0.15, -0.1) is 0 Å². The predicted molar refractivity (Wildman–Crippen MR) is 202 cm³/mol. The van der Waals surface area contributed by atoms with Crippen LogP contribution >= 0.6 is 0 Å². The van der Waals surface area contributed by atoms with E-state index in [-0.39, 0.29) is 35.7 Å². The van der Waals surface area contributed by atoms with Crippen LogP contribution in [0.4, 0.5) is 9.59 Å². The average molecular weight is 737 g/mol. The van der Waals surface area contributed by atoms with Gasteiger partial charge >= 0.3 is 12.2 Å². The minimum absolute atomic E-state index is 0.109. The molecule has 0 saturated carbocycles. The molecule has 2 aromatic carbocycles. The van der Waals surface area contributed by atoms with Crippen LogP contribution in [0.3, 0.4) is 0 Å². The molecular formula is C40H48N8O6. The van der Waals surface area contributed by atoms with Crippen LogP contribution in [-0.2, 0) is 19.1 Å². The Labute approximate surface area is 314 Å². The summed E-state index contributed by atoms with van der Waals surface area (Å²) >= 11 is 0. The van der Waals surface area contributed by atoms with Gasteiger partial charge in [-0.3, -0.25) is 9.59 Å². The fraction of sp³-hybridized carbons (Fsp3) is 0.450. The fourth-order valence-corrected chi connectivity index (χ4v) is 7.18. The van der Waals surface area contributed by atoms with Gasteiger partial charge in [-0.2, -0.15) is 0 Å². The van der Waals surface area contributed by atoms with E-state index in [2.05, 4.69) is 37.4 Å². The predicted octanol–water partition coefficient (Wildman–Crippen LogP) is 5.44. The minimum Gasteiger partial charge on any atom is -0.453 e. The van der Waals surface area contributed by atoms with Crippen molar-refractivity contribution in [2.24, 2.45) is 11.8 Å². The smallest absolute Gasteiger partial charge is 0.407 e. The molecule has 2 aromatic heterocycles. The Bertz CT molecular complexity index is 2060. The summed E-state index contributed by atoms with van der Waals surface area (Å²) < 4.78 is 9.49. The molecule has 2 aliphatic rings. The number of methoxy groups -OCH3 is 2. The number of nitrogens with one attached hydrogen (secondary N) is 4. The monoisotopic (exact) mass is 736 g/mol. The van der Waals surface area contributed by atoms with E-state index in [0.717, 1.165) is 59.1 Å². The van der Waals surface area contributed by atoms with Crippen LogP contribution in [0, 0.1) is 23.7 Å². The Hall–Kier alpha value is -5.84. The Morgan fingerprint density at radius 1 is 0.759 bits per heavy atom. The first-order chi connectivity index (χ1) is 26.0. The van der Waals surface area contributed by atoms with E-state index in [9.17, 15) is 19.2 Å². The molecule has 4 aromatic rings. The maximum Gasteiger partial charge on any atom is 0.407 e. The lowest BCUT2D eigenvalue weighted by atomic mass is 10.0. The summed E-state index contributed by atoms with van der Waals surface area (Å²) in [5.74, 6) is 7.40. The van der Waals surface area contributed by atoms with Gasteiger partial charge in [0, 0.05) is 24.2 Å². The second kappa shape index (κ2) is 16.4. The van der Waals surface area contributed by atoms with E-state index in [0.29, 0.717) is 24.7 Å². The lowest BCUT2D eigenvalue weighted by Gasteiger charge is -2.30. The van der Waals surface area contributed by atoms with Crippen molar-refractivity contribution >= 4 is 35.0 Å². The van der Waals surface area contributed by atoms with Crippen molar-refractivity contribution in [3.8, 4) is 23.1 Å². The molecule has 4 N–H and O–H groups in total. The molecule has 4 amide bonds. The zero-order valence-electron chi connectivity index (χ0n) is 31.6. The SMILES string of the molecule is COC(=O)N[C@H](C(=O)N1CCC[C@@H]1c1ncc(-c2ccc(C#Cc3ccc4nc([C@@H]5CCCN5C(=O)[C@H](NC(=O)OC)C(C)C)[nH]c4c3)cc2)[nH]1)C(C)C. The number of rotatable bonds is 9. The molecule has 0 aliphatic carbocycles. The van der Waals surface area contributed by atoms with E-state index in [4.69, 9.17) is 14.5 Å². The molecule has 0 unspecified atom stereocenters. The molecular weight excluding hydrogens is 688 g/mol. The third-order valence-electron chi connectivity index (χ3n) is 10.1. The van der Waals surface area contributed by atoms with E-state index >= 15 is 0 Å². The molecule has 14 nitrogen and oxygen atoms in total. The van der Waals surface area contributed by atoms with Crippen LogP contribution < -0.4 is 10.6 Å². The zero-order valence-corrected chi connectivity index (χ0v) is 31.6. The number of H-pyrrole nitrogens is 2. The van der Waals surface area contributed by atoms with Crippen molar-refractivity contribution in [3.63, 3.8) is 0 Å². The van der Waals surface area contributed by atoms with E-state index < -0.39 is 24.3 Å². The van der Waals surface area contributed by atoms with Gasteiger partial charge in [-0.05, 0) is 73.4 Å². The largest absolute Gasteiger partial charge is 0.453 e. The van der Waals surface area contributed by atoms with Crippen LogP contribution in [-0.4, -0.2) is 93.1 Å². The lowest BCUT2D eigenvalue weighted by Crippen LogP contribution is -2.51. The van der Waals surface area contributed by atoms with Gasteiger partial charge in [0.05, 0.1) is 49.2 Å². The molecule has 4 heterocycles. The van der Waals surface area contributed by atoms with Gasteiger partial charge in [0.15, 0.2) is 0 Å². The molecule has 14 heteroatoms. The van der Waals surface area contributed by atoms with E-state index in [1.165, 1.54) is 14.2 Å². The Kier molecular flexibility index (Phi) is 11.5. The van der Waals surface area contributed by atoms with Gasteiger partial charge in [-0.1, -0.05) is 51.7 Å². The third kappa shape index (κ3) is 8.20. The lowest BCUT2D eigenvalue weighted by molar-refractivity contribution is -0.136. The second-order valence-corrected chi connectivity index (χ2v) is 14.5. The second-order valence-electron chi connectivity index (χ2n) is 14.5. The highest BCUT2D eigenvalue weighted by Crippen LogP contribution is 2.34. The summed E-state index contributed by atoms with van der Waals surface area (Å²) in [5, 5.41) is 5.37. The highest BCUT2D eigenvalue weighted by atomic mass is 16.5. The Morgan fingerprint density at radius 2 is 1.30 bits per heavy atom. The fourth-order valence-electron chi connectivity index (χ4n) is 7.18. The number of benzene rings is 2. The average Bonchev–Trinajstić information content (AvgIpc) is 4.00. The van der Waals surface area contributed by atoms with E-state index in [1.807, 2.05) is 70.2 Å². The summed E-state index contributed by atoms with van der Waals surface area (Å²) in [4.78, 5) is 70.8. The van der Waals surface area contributed by atoms with Crippen molar-refractivity contribution in [1.29, 1.82) is 0 Å². The summed E-state index contributed by atoms with van der Waals surface area (Å²) in [6.45, 7) is 8.75. The number of hydrogen-bond acceptors (Lipinski definition) is 8. The van der Waals surface area contributed by atoms with Crippen molar-refractivity contribution in [3.05, 3.63) is 71.4 Å². The summed E-state index contributed by atoms with van der Waals surface area (Å²) in [7, 11) is 2.57. The molecule has 0 bridgehead atoms. The first-order valence-electron chi connectivity index (χ1n) is 18.4. The molecule has 54 heavy (non-hydrogen) atoms. The van der Waals surface area contributed by atoms with Crippen molar-refractivity contribution in [1.82, 2.24) is 40.4 Å². The highest BCUT2D eigenvalue weighted by Gasteiger charge is 2.39. The number of fused-ring (bicyclic) bond motifs is 1. The number of imidazole rings is 2. The number of hydrogen-bond donors (Lipinski definition) is 4. The van der Waals surface area contributed by atoms with Crippen LogP contribution in [0.5, 0.6) is 0 Å². The topological polar surface area (TPSA) is 175 Å². The highest BCUT2D eigenvalue weighted by molar-refractivity contribution is 5.87. The number of aromatic nitrogens is 4. The summed E-state index contributed by atoms with van der Waals surface area (Å²) in [5.41, 5.74) is 5.05. The van der Waals surface area contributed by atoms with Crippen LogP contribution in [0.2, 0.25) is 0 Å². The number of carbonyl (C=O) groups is 4. The zero-order chi connectivity index (χ0) is 38.5. The van der Waals surface area contributed by atoms with Crippen LogP contribution in [0.15, 0.2) is 48.7 Å². The molecule has 0 spiro atoms. The normalized spacial score (nSPS) is 18.0. The maximum atomic E-state index is 13.5. The van der Waals surface area contributed by atoms with Crippen molar-refractivity contribution in [2.75, 3.05) is 27.3 Å². The standard InChI is InChI=1S/C40H48N8O6/c1-23(2)33(45-39(51)53-5)37(49)47-19-7-9-31(47)35-41-22-30(44-35)27-16-13-25(14-17-27)11-12-26-15-18-28-29(21-26)43-36(42-28)32-10-8-20-48(32)38(50)34(24(3)4)46-40(52)54-6/h13-18,21-24,31-34H,7-10,19-20H2,1-6H3,(H,41,44)(H,42,43)(H,45,51)(H,46,52)/t31-,32+,33+,34-/m1/s1. The number of carbonyl (C=O) groups excluding carboxylic acids is 4. The van der Waals surface area contributed by atoms with Gasteiger partial charge < -0.3 is 39.9 Å². The van der Waals surface area contributed by atoms with Gasteiger partial charge in [0.2, 0.25) is 11.8 Å².